The first kappa shape index (κ1) is 15.2. The zero-order chi connectivity index (χ0) is 14.3. The van der Waals surface area contributed by atoms with Gasteiger partial charge in [0.15, 0.2) is 0 Å². The van der Waals surface area contributed by atoms with E-state index in [1.165, 1.54) is 0 Å². The monoisotopic (exact) mass is 262 g/mol. The van der Waals surface area contributed by atoms with Crippen LogP contribution in [0.5, 0.6) is 5.75 Å². The Balaban J connectivity index is 2.47. The summed E-state index contributed by atoms with van der Waals surface area (Å²) in [6.07, 6.45) is 4.11. The van der Waals surface area contributed by atoms with E-state index in [-0.39, 0.29) is 11.7 Å². The molecule has 0 heterocycles. The smallest absolute Gasteiger partial charge is 0.239 e. The van der Waals surface area contributed by atoms with Gasteiger partial charge in [0.25, 0.3) is 0 Å². The topological polar surface area (TPSA) is 66.6 Å². The van der Waals surface area contributed by atoms with Crippen LogP contribution in [0.4, 0.5) is 0 Å². The second-order valence-electron chi connectivity index (χ2n) is 4.67. The normalized spacial score (nSPS) is 11.9. The van der Waals surface area contributed by atoms with Gasteiger partial charge in [0, 0.05) is 13.6 Å². The van der Waals surface area contributed by atoms with Crippen molar-refractivity contribution in [1.29, 1.82) is 0 Å². The number of benzene rings is 1. The Morgan fingerprint density at radius 3 is 2.68 bits per heavy atom. The molecular formula is C15H22N2O2. The molecular weight excluding hydrogens is 240 g/mol. The van der Waals surface area contributed by atoms with Gasteiger partial charge in [-0.3, -0.25) is 4.79 Å². The van der Waals surface area contributed by atoms with Crippen LogP contribution in [0.25, 0.3) is 0 Å². The predicted octanol–water partition coefficient (Wildman–Crippen LogP) is 1.69. The molecule has 0 aliphatic carbocycles. The number of hydrogen-bond donors (Lipinski definition) is 2. The summed E-state index contributed by atoms with van der Waals surface area (Å²) in [5, 5.41) is 9.19. The highest BCUT2D eigenvalue weighted by atomic mass is 16.3. The molecule has 1 aromatic carbocycles. The van der Waals surface area contributed by atoms with Crippen molar-refractivity contribution >= 4 is 5.91 Å². The summed E-state index contributed by atoms with van der Waals surface area (Å²) >= 11 is 0. The first-order valence-corrected chi connectivity index (χ1v) is 6.44. The summed E-state index contributed by atoms with van der Waals surface area (Å²) in [5.41, 5.74) is 6.86. The molecule has 0 saturated carbocycles. The lowest BCUT2D eigenvalue weighted by atomic mass is 10.1. The molecule has 4 nitrogen and oxygen atoms in total. The van der Waals surface area contributed by atoms with Crippen LogP contribution >= 0.6 is 0 Å². The molecule has 3 N–H and O–H groups in total. The number of hydrogen-bond acceptors (Lipinski definition) is 3. The lowest BCUT2D eigenvalue weighted by Crippen LogP contribution is -2.43. The van der Waals surface area contributed by atoms with Crippen molar-refractivity contribution in [2.24, 2.45) is 5.73 Å². The minimum Gasteiger partial charge on any atom is -0.508 e. The number of carbonyl (C=O) groups is 1. The number of phenolic OH excluding ortho intramolecular Hbond substituents is 1. The van der Waals surface area contributed by atoms with E-state index >= 15 is 0 Å². The maximum Gasteiger partial charge on any atom is 0.239 e. The van der Waals surface area contributed by atoms with Crippen LogP contribution in [0.2, 0.25) is 0 Å². The van der Waals surface area contributed by atoms with Crippen LogP contribution in [-0.2, 0) is 11.2 Å². The molecule has 1 aromatic rings. The first-order valence-electron chi connectivity index (χ1n) is 6.44. The molecule has 104 valence electrons. The summed E-state index contributed by atoms with van der Waals surface area (Å²) in [5.74, 6) is 0.155. The van der Waals surface area contributed by atoms with Gasteiger partial charge in [-0.15, -0.1) is 6.58 Å². The minimum absolute atomic E-state index is 0.0582. The van der Waals surface area contributed by atoms with Gasteiger partial charge < -0.3 is 15.7 Å². The number of unbranched alkanes of at least 4 members (excludes halogenated alkanes) is 1. The Bertz CT molecular complexity index is 415. The summed E-state index contributed by atoms with van der Waals surface area (Å²) < 4.78 is 0. The van der Waals surface area contributed by atoms with Gasteiger partial charge in [-0.05, 0) is 37.0 Å². The average Bonchev–Trinajstić information content (AvgIpc) is 2.40. The van der Waals surface area contributed by atoms with E-state index < -0.39 is 6.04 Å². The molecule has 19 heavy (non-hydrogen) atoms. The van der Waals surface area contributed by atoms with Crippen molar-refractivity contribution in [3.8, 4) is 5.75 Å². The Hall–Kier alpha value is -1.81. The number of amides is 1. The maximum atomic E-state index is 12.0. The molecule has 0 spiro atoms. The number of likely N-dealkylation sites (N-methyl/N-ethyl adjacent to an activating group) is 1. The molecule has 0 saturated heterocycles. The van der Waals surface area contributed by atoms with Gasteiger partial charge in [0.05, 0.1) is 6.04 Å². The molecule has 0 unspecified atom stereocenters. The molecule has 0 bridgehead atoms. The molecule has 1 atom stereocenters. The van der Waals surface area contributed by atoms with Crippen molar-refractivity contribution in [3.63, 3.8) is 0 Å². The number of nitrogens with two attached hydrogens (primary N) is 1. The van der Waals surface area contributed by atoms with E-state index in [2.05, 4.69) is 6.58 Å². The summed E-state index contributed by atoms with van der Waals surface area (Å²) in [6, 6.07) is 6.21. The van der Waals surface area contributed by atoms with Gasteiger partial charge in [-0.2, -0.15) is 0 Å². The van der Waals surface area contributed by atoms with Crippen LogP contribution in [0, 0.1) is 0 Å². The molecule has 0 aliphatic heterocycles. The van der Waals surface area contributed by atoms with Gasteiger partial charge in [-0.25, -0.2) is 0 Å². The molecule has 1 rings (SSSR count). The minimum atomic E-state index is -0.543. The number of carbonyl (C=O) groups excluding carboxylic acids is 1. The van der Waals surface area contributed by atoms with Crippen LogP contribution in [0.15, 0.2) is 36.9 Å². The number of allylic oxidation sites excluding steroid dienone is 1. The summed E-state index contributed by atoms with van der Waals surface area (Å²) in [4.78, 5) is 13.7. The molecule has 0 fully saturated rings. The largest absolute Gasteiger partial charge is 0.508 e. The second kappa shape index (κ2) is 7.59. The van der Waals surface area contributed by atoms with Crippen molar-refractivity contribution in [2.75, 3.05) is 13.6 Å². The number of nitrogens with zero attached hydrogens (tertiary/aromatic N) is 1. The highest BCUT2D eigenvalue weighted by Crippen LogP contribution is 2.11. The highest BCUT2D eigenvalue weighted by Gasteiger charge is 2.17. The van der Waals surface area contributed by atoms with E-state index in [1.807, 2.05) is 6.08 Å². The van der Waals surface area contributed by atoms with Crippen LogP contribution in [-0.4, -0.2) is 35.5 Å². The van der Waals surface area contributed by atoms with Crippen LogP contribution in [0.3, 0.4) is 0 Å². The Kier molecular flexibility index (Phi) is 6.09. The van der Waals surface area contributed by atoms with E-state index in [1.54, 1.807) is 36.2 Å². The van der Waals surface area contributed by atoms with E-state index in [9.17, 15) is 9.90 Å². The zero-order valence-corrected chi connectivity index (χ0v) is 11.4. The fraction of sp³-hybridized carbons (Fsp3) is 0.400. The SMILES string of the molecule is C=CCCCN(C)C(=O)[C@H](N)Cc1ccc(O)cc1. The fourth-order valence-electron chi connectivity index (χ4n) is 1.84. The lowest BCUT2D eigenvalue weighted by molar-refractivity contribution is -0.131. The number of rotatable bonds is 7. The van der Waals surface area contributed by atoms with Crippen LogP contribution in [0.1, 0.15) is 18.4 Å². The second-order valence-corrected chi connectivity index (χ2v) is 4.67. The van der Waals surface area contributed by atoms with E-state index in [0.717, 1.165) is 18.4 Å². The average molecular weight is 262 g/mol. The quantitative estimate of drug-likeness (QED) is 0.580. The summed E-state index contributed by atoms with van der Waals surface area (Å²) in [6.45, 7) is 4.34. The van der Waals surface area contributed by atoms with Gasteiger partial charge in [-0.1, -0.05) is 18.2 Å². The van der Waals surface area contributed by atoms with Gasteiger partial charge in [0.1, 0.15) is 5.75 Å². The highest BCUT2D eigenvalue weighted by molar-refractivity contribution is 5.81. The first-order chi connectivity index (χ1) is 9.04. The van der Waals surface area contributed by atoms with Crippen molar-refractivity contribution in [1.82, 2.24) is 4.90 Å². The molecule has 0 aliphatic rings. The van der Waals surface area contributed by atoms with Crippen molar-refractivity contribution in [2.45, 2.75) is 25.3 Å². The standard InChI is InChI=1S/C15H22N2O2/c1-3-4-5-10-17(2)15(19)14(16)11-12-6-8-13(18)9-7-12/h3,6-9,14,18H,1,4-5,10-11,16H2,2H3/t14-/m1/s1. The number of aromatic hydroxyl groups is 1. The number of phenols is 1. The lowest BCUT2D eigenvalue weighted by Gasteiger charge is -2.21. The Morgan fingerprint density at radius 2 is 2.11 bits per heavy atom. The molecule has 0 radical (unpaired) electrons. The molecule has 1 amide bonds. The van der Waals surface area contributed by atoms with E-state index in [0.29, 0.717) is 13.0 Å². The summed E-state index contributed by atoms with van der Waals surface area (Å²) in [7, 11) is 1.77. The third kappa shape index (κ3) is 5.14. The third-order valence-electron chi connectivity index (χ3n) is 2.99. The predicted molar refractivity (Wildman–Crippen MR) is 76.9 cm³/mol. The maximum absolute atomic E-state index is 12.0. The fourth-order valence-corrected chi connectivity index (χ4v) is 1.84. The van der Waals surface area contributed by atoms with Gasteiger partial charge >= 0.3 is 0 Å². The van der Waals surface area contributed by atoms with E-state index in [4.69, 9.17) is 5.73 Å². The van der Waals surface area contributed by atoms with Crippen molar-refractivity contribution in [3.05, 3.63) is 42.5 Å². The van der Waals surface area contributed by atoms with Gasteiger partial charge in [0.2, 0.25) is 5.91 Å². The van der Waals surface area contributed by atoms with Crippen molar-refractivity contribution < 1.29 is 9.90 Å². The molecule has 4 heteroatoms. The third-order valence-corrected chi connectivity index (χ3v) is 2.99. The Morgan fingerprint density at radius 1 is 1.47 bits per heavy atom. The Labute approximate surface area is 114 Å². The molecule has 0 aromatic heterocycles. The van der Waals surface area contributed by atoms with Crippen LogP contribution < -0.4 is 5.73 Å². The zero-order valence-electron chi connectivity index (χ0n) is 11.4.